The van der Waals surface area contributed by atoms with Gasteiger partial charge in [0.15, 0.2) is 0 Å². The number of rotatable bonds is 6. The molecule has 1 N–H and O–H groups in total. The Morgan fingerprint density at radius 1 is 1.17 bits per heavy atom. The lowest BCUT2D eigenvalue weighted by Crippen LogP contribution is -2.51. The van der Waals surface area contributed by atoms with Crippen LogP contribution in [0.1, 0.15) is 65.7 Å². The van der Waals surface area contributed by atoms with Crippen molar-refractivity contribution in [1.29, 1.82) is 0 Å². The standard InChI is InChI=1S/C16H32N2/c1-4-11-17-15(5-2)13(3)18-12-10-14-8-6-7-9-16(14)18/h13-17H,4-12H2,1-3H3. The van der Waals surface area contributed by atoms with Gasteiger partial charge in [0.05, 0.1) is 0 Å². The summed E-state index contributed by atoms with van der Waals surface area (Å²) in [4.78, 5) is 2.83. The molecule has 1 saturated heterocycles. The third kappa shape index (κ3) is 3.08. The van der Waals surface area contributed by atoms with E-state index in [2.05, 4.69) is 31.0 Å². The average molecular weight is 252 g/mol. The minimum Gasteiger partial charge on any atom is -0.312 e. The molecule has 18 heavy (non-hydrogen) atoms. The summed E-state index contributed by atoms with van der Waals surface area (Å²) in [5.74, 6) is 1.02. The number of hydrogen-bond donors (Lipinski definition) is 1. The zero-order valence-electron chi connectivity index (χ0n) is 12.6. The van der Waals surface area contributed by atoms with Gasteiger partial charge in [0.1, 0.15) is 0 Å². The van der Waals surface area contributed by atoms with Crippen LogP contribution >= 0.6 is 0 Å². The Balaban J connectivity index is 1.92. The average Bonchev–Trinajstić information content (AvgIpc) is 2.83. The highest BCUT2D eigenvalue weighted by atomic mass is 15.2. The fraction of sp³-hybridized carbons (Fsp3) is 1.00. The quantitative estimate of drug-likeness (QED) is 0.779. The number of nitrogens with zero attached hydrogens (tertiary/aromatic N) is 1. The summed E-state index contributed by atoms with van der Waals surface area (Å²) in [6, 6.07) is 2.31. The Bertz CT molecular complexity index is 241. The van der Waals surface area contributed by atoms with Gasteiger partial charge in [-0.15, -0.1) is 0 Å². The summed E-state index contributed by atoms with van der Waals surface area (Å²) in [7, 11) is 0. The highest BCUT2D eigenvalue weighted by molar-refractivity contribution is 4.94. The van der Waals surface area contributed by atoms with Crippen molar-refractivity contribution in [3.05, 3.63) is 0 Å². The van der Waals surface area contributed by atoms with Crippen LogP contribution in [0, 0.1) is 5.92 Å². The topological polar surface area (TPSA) is 15.3 Å². The molecule has 0 bridgehead atoms. The molecule has 1 aliphatic carbocycles. The molecule has 106 valence electrons. The van der Waals surface area contributed by atoms with Crippen LogP contribution in [0.5, 0.6) is 0 Å². The molecule has 1 heterocycles. The number of fused-ring (bicyclic) bond motifs is 1. The molecule has 2 heteroatoms. The van der Waals surface area contributed by atoms with E-state index < -0.39 is 0 Å². The normalized spacial score (nSPS) is 32.2. The van der Waals surface area contributed by atoms with Gasteiger partial charge < -0.3 is 5.32 Å². The molecule has 0 aromatic carbocycles. The summed E-state index contributed by atoms with van der Waals surface area (Å²) in [6.07, 6.45) is 9.86. The van der Waals surface area contributed by atoms with Crippen LogP contribution in [0.2, 0.25) is 0 Å². The van der Waals surface area contributed by atoms with E-state index in [0.717, 1.165) is 18.0 Å². The van der Waals surface area contributed by atoms with E-state index in [1.165, 1.54) is 58.0 Å². The number of likely N-dealkylation sites (tertiary alicyclic amines) is 1. The minimum atomic E-state index is 0.686. The maximum Gasteiger partial charge on any atom is 0.0224 e. The van der Waals surface area contributed by atoms with Crippen molar-refractivity contribution in [2.75, 3.05) is 13.1 Å². The van der Waals surface area contributed by atoms with Crippen LogP contribution in [-0.2, 0) is 0 Å². The molecule has 0 aromatic heterocycles. The lowest BCUT2D eigenvalue weighted by molar-refractivity contribution is 0.114. The van der Waals surface area contributed by atoms with Gasteiger partial charge in [-0.05, 0) is 58.0 Å². The lowest BCUT2D eigenvalue weighted by Gasteiger charge is -2.39. The van der Waals surface area contributed by atoms with E-state index in [-0.39, 0.29) is 0 Å². The van der Waals surface area contributed by atoms with Gasteiger partial charge in [0.25, 0.3) is 0 Å². The SMILES string of the molecule is CCCNC(CC)C(C)N1CCC2CCCCC21. The van der Waals surface area contributed by atoms with Crippen molar-refractivity contribution in [2.24, 2.45) is 5.92 Å². The van der Waals surface area contributed by atoms with E-state index in [4.69, 9.17) is 0 Å². The van der Waals surface area contributed by atoms with Crippen LogP contribution < -0.4 is 5.32 Å². The molecule has 2 aliphatic rings. The Morgan fingerprint density at radius 3 is 2.67 bits per heavy atom. The molecule has 0 radical (unpaired) electrons. The molecule has 1 saturated carbocycles. The maximum absolute atomic E-state index is 3.75. The molecule has 4 atom stereocenters. The highest BCUT2D eigenvalue weighted by Gasteiger charge is 2.39. The second-order valence-electron chi connectivity index (χ2n) is 6.35. The van der Waals surface area contributed by atoms with Crippen molar-refractivity contribution >= 4 is 0 Å². The van der Waals surface area contributed by atoms with Crippen molar-refractivity contribution in [2.45, 2.75) is 83.8 Å². The van der Waals surface area contributed by atoms with Crippen LogP contribution in [0.25, 0.3) is 0 Å². The Hall–Kier alpha value is -0.0800. The van der Waals surface area contributed by atoms with E-state index in [0.29, 0.717) is 6.04 Å². The molecule has 2 nitrogen and oxygen atoms in total. The van der Waals surface area contributed by atoms with Crippen molar-refractivity contribution in [3.8, 4) is 0 Å². The van der Waals surface area contributed by atoms with Crippen molar-refractivity contribution < 1.29 is 0 Å². The van der Waals surface area contributed by atoms with Gasteiger partial charge in [0.2, 0.25) is 0 Å². The molecule has 2 rings (SSSR count). The second kappa shape index (κ2) is 6.91. The Labute approximate surface area is 114 Å². The van der Waals surface area contributed by atoms with Crippen LogP contribution in [0.3, 0.4) is 0 Å². The van der Waals surface area contributed by atoms with E-state index in [1.807, 2.05) is 0 Å². The van der Waals surface area contributed by atoms with Gasteiger partial charge in [-0.3, -0.25) is 4.90 Å². The molecular formula is C16H32N2. The first-order chi connectivity index (χ1) is 8.77. The van der Waals surface area contributed by atoms with E-state index in [1.54, 1.807) is 0 Å². The van der Waals surface area contributed by atoms with Crippen molar-refractivity contribution in [3.63, 3.8) is 0 Å². The minimum absolute atomic E-state index is 0.686. The van der Waals surface area contributed by atoms with Crippen molar-refractivity contribution in [1.82, 2.24) is 10.2 Å². The summed E-state index contributed by atoms with van der Waals surface area (Å²) < 4.78 is 0. The monoisotopic (exact) mass is 252 g/mol. The van der Waals surface area contributed by atoms with Gasteiger partial charge in [0, 0.05) is 18.1 Å². The van der Waals surface area contributed by atoms with Gasteiger partial charge in [-0.1, -0.05) is 26.7 Å². The second-order valence-corrected chi connectivity index (χ2v) is 6.35. The summed E-state index contributed by atoms with van der Waals surface area (Å²) in [6.45, 7) is 9.56. The van der Waals surface area contributed by atoms with E-state index >= 15 is 0 Å². The lowest BCUT2D eigenvalue weighted by atomic mass is 9.84. The molecule has 0 amide bonds. The largest absolute Gasteiger partial charge is 0.312 e. The highest BCUT2D eigenvalue weighted by Crippen LogP contribution is 2.37. The zero-order chi connectivity index (χ0) is 13.0. The smallest absolute Gasteiger partial charge is 0.0224 e. The Morgan fingerprint density at radius 2 is 1.94 bits per heavy atom. The van der Waals surface area contributed by atoms with E-state index in [9.17, 15) is 0 Å². The number of nitrogens with one attached hydrogen (secondary N) is 1. The summed E-state index contributed by atoms with van der Waals surface area (Å²) >= 11 is 0. The fourth-order valence-corrected chi connectivity index (χ4v) is 4.16. The molecule has 1 aliphatic heterocycles. The van der Waals surface area contributed by atoms with Crippen LogP contribution in [-0.4, -0.2) is 36.1 Å². The van der Waals surface area contributed by atoms with Gasteiger partial charge >= 0.3 is 0 Å². The van der Waals surface area contributed by atoms with Crippen LogP contribution in [0.4, 0.5) is 0 Å². The third-order valence-corrected chi connectivity index (χ3v) is 5.25. The first-order valence-electron chi connectivity index (χ1n) is 8.27. The van der Waals surface area contributed by atoms with Gasteiger partial charge in [-0.25, -0.2) is 0 Å². The first-order valence-corrected chi connectivity index (χ1v) is 8.27. The summed E-state index contributed by atoms with van der Waals surface area (Å²) in [5.41, 5.74) is 0. The predicted molar refractivity (Wildman–Crippen MR) is 78.9 cm³/mol. The fourth-order valence-electron chi connectivity index (χ4n) is 4.16. The molecule has 0 spiro atoms. The molecule has 2 fully saturated rings. The Kier molecular flexibility index (Phi) is 5.50. The third-order valence-electron chi connectivity index (χ3n) is 5.25. The molecular weight excluding hydrogens is 220 g/mol. The summed E-state index contributed by atoms with van der Waals surface area (Å²) in [5, 5.41) is 3.75. The first kappa shape index (κ1) is 14.3. The van der Waals surface area contributed by atoms with Crippen LogP contribution in [0.15, 0.2) is 0 Å². The maximum atomic E-state index is 3.75. The zero-order valence-corrected chi connectivity index (χ0v) is 12.6. The van der Waals surface area contributed by atoms with Gasteiger partial charge in [-0.2, -0.15) is 0 Å². The predicted octanol–water partition coefficient (Wildman–Crippen LogP) is 3.42. The molecule has 0 aromatic rings. The number of hydrogen-bond acceptors (Lipinski definition) is 2. The molecule has 4 unspecified atom stereocenters.